The number of carbonyl (C=O) groups excluding carboxylic acids is 1. The van der Waals surface area contributed by atoms with Crippen molar-refractivity contribution in [2.24, 2.45) is 11.3 Å². The van der Waals surface area contributed by atoms with Crippen LogP contribution in [0.1, 0.15) is 57.8 Å². The predicted molar refractivity (Wildman–Crippen MR) is 94.1 cm³/mol. The van der Waals surface area contributed by atoms with E-state index in [0.717, 1.165) is 52.4 Å². The molecule has 138 valence electrons. The van der Waals surface area contributed by atoms with Crippen LogP contribution in [-0.2, 0) is 9.47 Å². The van der Waals surface area contributed by atoms with Crippen LogP contribution in [0, 0.1) is 11.3 Å². The Kier molecular flexibility index (Phi) is 6.78. The lowest BCUT2D eigenvalue weighted by atomic mass is 9.68. The standard InChI is InChI=1S/C19H34N2O3/c22-18(20-10-4-13-23-15-17-5-14-24-16-17)21-11-8-19(9-12-21)6-2-1-3-7-19/h17H,1-16H2,(H,20,22)/t17-/m1/s1. The Hall–Kier alpha value is -0.810. The van der Waals surface area contributed by atoms with Gasteiger partial charge in [0.15, 0.2) is 0 Å². The van der Waals surface area contributed by atoms with Crippen molar-refractivity contribution < 1.29 is 14.3 Å². The van der Waals surface area contributed by atoms with Crippen LogP contribution in [0.5, 0.6) is 0 Å². The number of rotatable bonds is 6. The molecule has 2 saturated heterocycles. The summed E-state index contributed by atoms with van der Waals surface area (Å²) in [5.41, 5.74) is 0.562. The summed E-state index contributed by atoms with van der Waals surface area (Å²) in [6.07, 6.45) is 11.3. The number of carbonyl (C=O) groups is 1. The Balaban J connectivity index is 1.23. The second-order valence-corrected chi connectivity index (χ2v) is 7.94. The van der Waals surface area contributed by atoms with E-state index in [2.05, 4.69) is 5.32 Å². The van der Waals surface area contributed by atoms with Crippen molar-refractivity contribution in [3.63, 3.8) is 0 Å². The molecule has 24 heavy (non-hydrogen) atoms. The average Bonchev–Trinajstić information content (AvgIpc) is 3.12. The molecule has 3 fully saturated rings. The van der Waals surface area contributed by atoms with Crippen LogP contribution in [-0.4, -0.2) is 57.0 Å². The number of nitrogens with zero attached hydrogens (tertiary/aromatic N) is 1. The molecule has 0 unspecified atom stereocenters. The largest absolute Gasteiger partial charge is 0.381 e. The fourth-order valence-corrected chi connectivity index (χ4v) is 4.43. The Labute approximate surface area is 146 Å². The Morgan fingerprint density at radius 2 is 1.96 bits per heavy atom. The number of urea groups is 1. The van der Waals surface area contributed by atoms with Crippen molar-refractivity contribution in [1.29, 1.82) is 0 Å². The highest BCUT2D eigenvalue weighted by Crippen LogP contribution is 2.44. The molecule has 0 aromatic heterocycles. The van der Waals surface area contributed by atoms with Gasteiger partial charge in [-0.25, -0.2) is 4.79 Å². The molecule has 2 aliphatic heterocycles. The molecule has 2 heterocycles. The van der Waals surface area contributed by atoms with Crippen LogP contribution in [0.3, 0.4) is 0 Å². The topological polar surface area (TPSA) is 50.8 Å². The smallest absolute Gasteiger partial charge is 0.317 e. The van der Waals surface area contributed by atoms with Gasteiger partial charge in [0.2, 0.25) is 0 Å². The molecule has 2 amide bonds. The summed E-state index contributed by atoms with van der Waals surface area (Å²) in [5.74, 6) is 0.569. The van der Waals surface area contributed by atoms with Gasteiger partial charge in [-0.1, -0.05) is 19.3 Å². The molecular weight excluding hydrogens is 304 g/mol. The van der Waals surface area contributed by atoms with E-state index in [0.29, 0.717) is 17.9 Å². The minimum atomic E-state index is 0.116. The first-order valence-corrected chi connectivity index (χ1v) is 9.96. The second kappa shape index (κ2) is 9.04. The second-order valence-electron chi connectivity index (χ2n) is 7.94. The first kappa shape index (κ1) is 18.0. The molecule has 1 spiro atoms. The molecule has 3 aliphatic rings. The number of nitrogens with one attached hydrogen (secondary N) is 1. The van der Waals surface area contributed by atoms with Crippen LogP contribution in [0.15, 0.2) is 0 Å². The van der Waals surface area contributed by atoms with Gasteiger partial charge >= 0.3 is 6.03 Å². The summed E-state index contributed by atoms with van der Waals surface area (Å²) in [7, 11) is 0. The lowest BCUT2D eigenvalue weighted by molar-refractivity contribution is 0.0792. The molecule has 3 rings (SSSR count). The zero-order chi connectivity index (χ0) is 16.7. The normalized spacial score (nSPS) is 26.7. The predicted octanol–water partition coefficient (Wildman–Crippen LogP) is 3.19. The van der Waals surface area contributed by atoms with E-state index in [1.165, 1.54) is 44.9 Å². The van der Waals surface area contributed by atoms with Crippen LogP contribution in [0.25, 0.3) is 0 Å². The van der Waals surface area contributed by atoms with E-state index < -0.39 is 0 Å². The van der Waals surface area contributed by atoms with Gasteiger partial charge in [0, 0.05) is 38.8 Å². The molecule has 5 nitrogen and oxygen atoms in total. The molecule has 0 aromatic rings. The van der Waals surface area contributed by atoms with Gasteiger partial charge in [0.05, 0.1) is 13.2 Å². The first-order chi connectivity index (χ1) is 11.8. The maximum absolute atomic E-state index is 12.3. The fraction of sp³-hybridized carbons (Fsp3) is 0.947. The lowest BCUT2D eigenvalue weighted by Crippen LogP contribution is -2.48. The van der Waals surface area contributed by atoms with Crippen molar-refractivity contribution in [3.8, 4) is 0 Å². The monoisotopic (exact) mass is 338 g/mol. The summed E-state index contributed by atoms with van der Waals surface area (Å²) in [4.78, 5) is 14.3. The van der Waals surface area contributed by atoms with Crippen LogP contribution in [0.4, 0.5) is 4.79 Å². The zero-order valence-electron chi connectivity index (χ0n) is 15.1. The highest BCUT2D eigenvalue weighted by Gasteiger charge is 2.36. The quantitative estimate of drug-likeness (QED) is 0.757. The molecule has 0 aromatic carbocycles. The highest BCUT2D eigenvalue weighted by molar-refractivity contribution is 5.74. The molecule has 1 aliphatic carbocycles. The Bertz CT molecular complexity index is 380. The summed E-state index contributed by atoms with van der Waals surface area (Å²) in [6, 6.07) is 0.116. The van der Waals surface area contributed by atoms with E-state index in [4.69, 9.17) is 9.47 Å². The average molecular weight is 338 g/mol. The number of hydrogen-bond donors (Lipinski definition) is 1. The number of ether oxygens (including phenoxy) is 2. The van der Waals surface area contributed by atoms with Crippen LogP contribution in [0.2, 0.25) is 0 Å². The SMILES string of the molecule is O=C(NCCCOC[C@H]1CCOC1)N1CCC2(CCCCC2)CC1. The summed E-state index contributed by atoms with van der Waals surface area (Å²) >= 11 is 0. The van der Waals surface area contributed by atoms with E-state index in [1.54, 1.807) is 0 Å². The maximum atomic E-state index is 12.3. The minimum absolute atomic E-state index is 0.116. The highest BCUT2D eigenvalue weighted by atomic mass is 16.5. The van der Waals surface area contributed by atoms with Gasteiger partial charge in [-0.15, -0.1) is 0 Å². The summed E-state index contributed by atoms with van der Waals surface area (Å²) in [5, 5.41) is 3.05. The molecule has 0 bridgehead atoms. The van der Waals surface area contributed by atoms with E-state index in [-0.39, 0.29) is 6.03 Å². The van der Waals surface area contributed by atoms with E-state index in [9.17, 15) is 4.79 Å². The van der Waals surface area contributed by atoms with E-state index in [1.807, 2.05) is 4.90 Å². The molecular formula is C19H34N2O3. The summed E-state index contributed by atoms with van der Waals surface area (Å²) in [6.45, 7) is 5.81. The third kappa shape index (κ3) is 5.09. The van der Waals surface area contributed by atoms with Gasteiger partial charge < -0.3 is 19.7 Å². The number of amides is 2. The van der Waals surface area contributed by atoms with Crippen molar-refractivity contribution in [2.75, 3.05) is 46.1 Å². The number of likely N-dealkylation sites (tertiary alicyclic amines) is 1. The third-order valence-corrected chi connectivity index (χ3v) is 6.14. The Morgan fingerprint density at radius 1 is 1.17 bits per heavy atom. The summed E-state index contributed by atoms with van der Waals surface area (Å²) < 4.78 is 11.0. The lowest BCUT2D eigenvalue weighted by Gasteiger charge is -2.44. The first-order valence-electron chi connectivity index (χ1n) is 9.96. The van der Waals surface area contributed by atoms with Gasteiger partial charge in [-0.05, 0) is 43.9 Å². The van der Waals surface area contributed by atoms with Crippen molar-refractivity contribution in [1.82, 2.24) is 10.2 Å². The molecule has 0 radical (unpaired) electrons. The minimum Gasteiger partial charge on any atom is -0.381 e. The van der Waals surface area contributed by atoms with Gasteiger partial charge in [0.25, 0.3) is 0 Å². The van der Waals surface area contributed by atoms with Crippen LogP contribution < -0.4 is 5.32 Å². The van der Waals surface area contributed by atoms with Crippen molar-refractivity contribution in [2.45, 2.75) is 57.8 Å². The molecule has 1 saturated carbocycles. The number of hydrogen-bond acceptors (Lipinski definition) is 3. The molecule has 1 atom stereocenters. The molecule has 5 heteroatoms. The third-order valence-electron chi connectivity index (χ3n) is 6.14. The van der Waals surface area contributed by atoms with Gasteiger partial charge in [-0.2, -0.15) is 0 Å². The maximum Gasteiger partial charge on any atom is 0.317 e. The zero-order valence-corrected chi connectivity index (χ0v) is 15.1. The molecule has 1 N–H and O–H groups in total. The van der Waals surface area contributed by atoms with Gasteiger partial charge in [0.1, 0.15) is 0 Å². The fourth-order valence-electron chi connectivity index (χ4n) is 4.43. The van der Waals surface area contributed by atoms with Crippen molar-refractivity contribution in [3.05, 3.63) is 0 Å². The van der Waals surface area contributed by atoms with Gasteiger partial charge in [-0.3, -0.25) is 0 Å². The van der Waals surface area contributed by atoms with E-state index >= 15 is 0 Å². The van der Waals surface area contributed by atoms with Crippen LogP contribution >= 0.6 is 0 Å². The Morgan fingerprint density at radius 3 is 2.67 bits per heavy atom. The number of piperidine rings is 1. The van der Waals surface area contributed by atoms with Crippen molar-refractivity contribution >= 4 is 6.03 Å².